The van der Waals surface area contributed by atoms with Gasteiger partial charge in [-0.1, -0.05) is 36.4 Å². The Morgan fingerprint density at radius 2 is 1.59 bits per heavy atom. The van der Waals surface area contributed by atoms with Gasteiger partial charge in [0.15, 0.2) is 0 Å². The van der Waals surface area contributed by atoms with Crippen molar-refractivity contribution in [2.24, 2.45) is 0 Å². The van der Waals surface area contributed by atoms with Crippen LogP contribution in [-0.2, 0) is 4.74 Å². The number of hydrogen-bond donors (Lipinski definition) is 2. The third kappa shape index (κ3) is 6.36. The number of ether oxygens (including phenoxy) is 1. The Morgan fingerprint density at radius 3 is 2.30 bits per heavy atom. The molecule has 37 heavy (non-hydrogen) atoms. The molecule has 3 amide bonds. The van der Waals surface area contributed by atoms with Gasteiger partial charge in [-0.3, -0.25) is 9.59 Å². The second-order valence-corrected chi connectivity index (χ2v) is 10.2. The van der Waals surface area contributed by atoms with Gasteiger partial charge in [-0.25, -0.2) is 4.79 Å². The summed E-state index contributed by atoms with van der Waals surface area (Å²) in [5.74, 6) is -0.329. The third-order valence-electron chi connectivity index (χ3n) is 6.19. The van der Waals surface area contributed by atoms with Crippen LogP contribution in [0.15, 0.2) is 72.8 Å². The number of aryl methyl sites for hydroxylation is 1. The molecule has 3 aromatic carbocycles. The smallest absolute Gasteiger partial charge is 0.408 e. The zero-order valence-corrected chi connectivity index (χ0v) is 21.7. The number of para-hydroxylation sites is 1. The molecule has 4 rings (SSSR count). The Bertz CT molecular complexity index is 1290. The van der Waals surface area contributed by atoms with Gasteiger partial charge >= 0.3 is 6.09 Å². The summed E-state index contributed by atoms with van der Waals surface area (Å²) < 4.78 is 5.45. The molecule has 7 nitrogen and oxygen atoms in total. The largest absolute Gasteiger partial charge is 0.444 e. The predicted octanol–water partition coefficient (Wildman–Crippen LogP) is 6.25. The average molecular weight is 500 g/mol. The minimum Gasteiger partial charge on any atom is -0.444 e. The van der Waals surface area contributed by atoms with Crippen LogP contribution in [0.3, 0.4) is 0 Å². The normalized spacial score (nSPS) is 15.2. The van der Waals surface area contributed by atoms with Gasteiger partial charge in [-0.15, -0.1) is 0 Å². The van der Waals surface area contributed by atoms with E-state index < -0.39 is 11.7 Å². The monoisotopic (exact) mass is 499 g/mol. The number of carbonyl (C=O) groups is 3. The topological polar surface area (TPSA) is 87.7 Å². The van der Waals surface area contributed by atoms with Gasteiger partial charge in [0, 0.05) is 29.0 Å². The third-order valence-corrected chi connectivity index (χ3v) is 6.19. The minimum absolute atomic E-state index is 0.137. The number of alkyl carbamates (subject to hydrolysis) is 1. The number of rotatable bonds is 4. The van der Waals surface area contributed by atoms with Gasteiger partial charge in [0.2, 0.25) is 0 Å². The van der Waals surface area contributed by atoms with Crippen molar-refractivity contribution in [3.8, 4) is 0 Å². The molecule has 0 fully saturated rings. The number of anilines is 2. The van der Waals surface area contributed by atoms with E-state index >= 15 is 0 Å². The van der Waals surface area contributed by atoms with E-state index in [1.165, 1.54) is 0 Å². The molecular weight excluding hydrogens is 466 g/mol. The first-order valence-electron chi connectivity index (χ1n) is 12.5. The lowest BCUT2D eigenvalue weighted by molar-refractivity contribution is 0.0501. The first kappa shape index (κ1) is 25.9. The van der Waals surface area contributed by atoms with E-state index in [2.05, 4.69) is 10.6 Å². The molecule has 0 bridgehead atoms. The first-order chi connectivity index (χ1) is 17.6. The molecule has 1 heterocycles. The Balaban J connectivity index is 1.50. The van der Waals surface area contributed by atoms with Crippen LogP contribution in [0.1, 0.15) is 71.5 Å². The lowest BCUT2D eigenvalue weighted by Gasteiger charge is -2.26. The second kappa shape index (κ2) is 10.9. The maximum Gasteiger partial charge on any atom is 0.408 e. The number of fused-ring (bicyclic) bond motifs is 1. The van der Waals surface area contributed by atoms with Gasteiger partial charge in [0.1, 0.15) is 5.60 Å². The first-order valence-corrected chi connectivity index (χ1v) is 12.5. The second-order valence-electron chi connectivity index (χ2n) is 10.2. The molecule has 0 aliphatic carbocycles. The Labute approximate surface area is 217 Å². The molecule has 0 spiro atoms. The Hall–Kier alpha value is -4.13. The Kier molecular flexibility index (Phi) is 7.62. The van der Waals surface area contributed by atoms with Crippen LogP contribution in [0, 0.1) is 6.92 Å². The minimum atomic E-state index is -0.595. The summed E-state index contributed by atoms with van der Waals surface area (Å²) in [7, 11) is 0. The molecule has 0 saturated carbocycles. The van der Waals surface area contributed by atoms with Crippen molar-refractivity contribution in [2.45, 2.75) is 52.2 Å². The standard InChI is InChI=1S/C30H33N3O4/c1-20-10-5-6-11-23(20)27(34)31-22-17-15-21(16-18-22)28(35)33-19-9-13-25(24-12-7-8-14-26(24)33)32-29(36)37-30(2,3)4/h5-8,10-12,14-18,25H,9,13,19H2,1-4H3,(H,31,34)(H,32,36)/t25-/m1/s1. The number of amides is 3. The molecule has 0 unspecified atom stereocenters. The number of nitrogens with zero attached hydrogens (tertiary/aromatic N) is 1. The van der Waals surface area contributed by atoms with Crippen molar-refractivity contribution in [1.82, 2.24) is 5.32 Å². The molecule has 192 valence electrons. The van der Waals surface area contributed by atoms with E-state index in [1.54, 1.807) is 35.2 Å². The zero-order chi connectivity index (χ0) is 26.6. The fraction of sp³-hybridized carbons (Fsp3) is 0.300. The predicted molar refractivity (Wildman–Crippen MR) is 145 cm³/mol. The maximum atomic E-state index is 13.6. The molecule has 1 aliphatic heterocycles. The molecule has 7 heteroatoms. The summed E-state index contributed by atoms with van der Waals surface area (Å²) >= 11 is 0. The molecule has 1 atom stereocenters. The van der Waals surface area contributed by atoms with E-state index in [0.29, 0.717) is 36.2 Å². The zero-order valence-electron chi connectivity index (χ0n) is 21.7. The summed E-state index contributed by atoms with van der Waals surface area (Å²) in [6.07, 6.45) is 0.922. The maximum absolute atomic E-state index is 13.6. The van der Waals surface area contributed by atoms with Crippen LogP contribution in [0.25, 0.3) is 0 Å². The molecular formula is C30H33N3O4. The van der Waals surface area contributed by atoms with E-state index in [-0.39, 0.29) is 17.9 Å². The summed E-state index contributed by atoms with van der Waals surface area (Å²) in [5.41, 5.74) is 3.68. The molecule has 0 radical (unpaired) electrons. The van der Waals surface area contributed by atoms with Gasteiger partial charge in [-0.05, 0) is 88.1 Å². The fourth-order valence-corrected chi connectivity index (χ4v) is 4.45. The molecule has 2 N–H and O–H groups in total. The molecule has 1 aliphatic rings. The van der Waals surface area contributed by atoms with Crippen molar-refractivity contribution >= 4 is 29.3 Å². The van der Waals surface area contributed by atoms with Crippen molar-refractivity contribution in [3.05, 3.63) is 95.1 Å². The SMILES string of the molecule is Cc1ccccc1C(=O)Nc1ccc(C(=O)N2CCC[C@@H](NC(=O)OC(C)(C)C)c3ccccc32)cc1. The van der Waals surface area contributed by atoms with Crippen LogP contribution < -0.4 is 15.5 Å². The molecule has 3 aromatic rings. The highest BCUT2D eigenvalue weighted by Gasteiger charge is 2.29. The van der Waals surface area contributed by atoms with Gasteiger partial charge in [0.25, 0.3) is 11.8 Å². The summed E-state index contributed by atoms with van der Waals surface area (Å²) in [6.45, 7) is 7.89. The van der Waals surface area contributed by atoms with Crippen molar-refractivity contribution < 1.29 is 19.1 Å². The van der Waals surface area contributed by atoms with Crippen molar-refractivity contribution in [1.29, 1.82) is 0 Å². The van der Waals surface area contributed by atoms with Gasteiger partial charge in [-0.2, -0.15) is 0 Å². The molecule has 0 aromatic heterocycles. The summed E-state index contributed by atoms with van der Waals surface area (Å²) in [6, 6.07) is 21.7. The van der Waals surface area contributed by atoms with E-state index in [0.717, 1.165) is 16.8 Å². The van der Waals surface area contributed by atoms with Crippen LogP contribution in [0.2, 0.25) is 0 Å². The lowest BCUT2D eigenvalue weighted by atomic mass is 10.0. The quantitative estimate of drug-likeness (QED) is 0.444. The molecule has 0 saturated heterocycles. The Morgan fingerprint density at radius 1 is 0.919 bits per heavy atom. The highest BCUT2D eigenvalue weighted by atomic mass is 16.6. The number of hydrogen-bond acceptors (Lipinski definition) is 4. The highest BCUT2D eigenvalue weighted by molar-refractivity contribution is 6.08. The van der Waals surface area contributed by atoms with Crippen molar-refractivity contribution in [3.63, 3.8) is 0 Å². The number of carbonyl (C=O) groups excluding carboxylic acids is 3. The van der Waals surface area contributed by atoms with Crippen LogP contribution >= 0.6 is 0 Å². The highest BCUT2D eigenvalue weighted by Crippen LogP contribution is 2.34. The van der Waals surface area contributed by atoms with E-state index in [4.69, 9.17) is 4.74 Å². The van der Waals surface area contributed by atoms with Gasteiger partial charge in [0.05, 0.1) is 6.04 Å². The van der Waals surface area contributed by atoms with E-state index in [1.807, 2.05) is 70.2 Å². The summed E-state index contributed by atoms with van der Waals surface area (Å²) in [4.78, 5) is 40.4. The van der Waals surface area contributed by atoms with E-state index in [9.17, 15) is 14.4 Å². The number of benzene rings is 3. The summed E-state index contributed by atoms with van der Waals surface area (Å²) in [5, 5.41) is 5.87. The van der Waals surface area contributed by atoms with Crippen molar-refractivity contribution in [2.75, 3.05) is 16.8 Å². The van der Waals surface area contributed by atoms with Gasteiger partial charge < -0.3 is 20.3 Å². The average Bonchev–Trinajstić information content (AvgIpc) is 3.03. The van der Waals surface area contributed by atoms with Crippen LogP contribution in [-0.4, -0.2) is 30.1 Å². The van der Waals surface area contributed by atoms with Crippen LogP contribution in [0.4, 0.5) is 16.2 Å². The number of nitrogens with one attached hydrogen (secondary N) is 2. The fourth-order valence-electron chi connectivity index (χ4n) is 4.45. The lowest BCUT2D eigenvalue weighted by Crippen LogP contribution is -2.35. The van der Waals surface area contributed by atoms with Crippen LogP contribution in [0.5, 0.6) is 0 Å².